The fourth-order valence-electron chi connectivity index (χ4n) is 7.73. The molecule has 340 valence electrons. The van der Waals surface area contributed by atoms with Gasteiger partial charge in [0.15, 0.2) is 0 Å². The highest BCUT2D eigenvalue weighted by atomic mass is 16.5. The van der Waals surface area contributed by atoms with Crippen LogP contribution in [0.2, 0.25) is 0 Å². The summed E-state index contributed by atoms with van der Waals surface area (Å²) in [5.41, 5.74) is 0. The predicted molar refractivity (Wildman–Crippen MR) is 250 cm³/mol. The Morgan fingerprint density at radius 3 is 1.40 bits per heavy atom. The van der Waals surface area contributed by atoms with E-state index < -0.39 is 18.2 Å². The SMILES string of the molecule is CC/C=C/C=C/C=C\CCCCCCCC(=O)OC(CCCCCCCCCCCCCCCCCCC)CC(=O)NC(CO)C(O)CCCCCCCCCCC. The van der Waals surface area contributed by atoms with Crippen molar-refractivity contribution >= 4 is 11.9 Å². The van der Waals surface area contributed by atoms with Crippen LogP contribution in [-0.4, -0.2) is 46.9 Å². The Bertz CT molecular complexity index is 961. The number of aliphatic hydroxyl groups is 2. The minimum Gasteiger partial charge on any atom is -0.462 e. The average molecular weight is 816 g/mol. The van der Waals surface area contributed by atoms with E-state index in [-0.39, 0.29) is 24.9 Å². The summed E-state index contributed by atoms with van der Waals surface area (Å²) in [6.45, 7) is 6.34. The molecule has 0 aliphatic carbocycles. The highest BCUT2D eigenvalue weighted by Crippen LogP contribution is 2.18. The quantitative estimate of drug-likeness (QED) is 0.0323. The number of carbonyl (C=O) groups excluding carboxylic acids is 2. The fourth-order valence-corrected chi connectivity index (χ4v) is 7.73. The molecule has 0 spiro atoms. The molecule has 0 bridgehead atoms. The van der Waals surface area contributed by atoms with E-state index >= 15 is 0 Å². The molecule has 0 radical (unpaired) electrons. The zero-order valence-electron chi connectivity index (χ0n) is 38.7. The lowest BCUT2D eigenvalue weighted by molar-refractivity contribution is -0.151. The van der Waals surface area contributed by atoms with Crippen molar-refractivity contribution in [1.29, 1.82) is 0 Å². The highest BCUT2D eigenvalue weighted by Gasteiger charge is 2.24. The Labute approximate surface area is 360 Å². The van der Waals surface area contributed by atoms with Crippen molar-refractivity contribution in [3.8, 4) is 0 Å². The monoisotopic (exact) mass is 816 g/mol. The molecule has 0 aromatic rings. The number of allylic oxidation sites excluding steroid dienone is 6. The number of hydrogen-bond donors (Lipinski definition) is 3. The van der Waals surface area contributed by atoms with Crippen LogP contribution in [0, 0.1) is 0 Å². The van der Waals surface area contributed by atoms with E-state index in [1.165, 1.54) is 135 Å². The third-order valence-electron chi connectivity index (χ3n) is 11.5. The van der Waals surface area contributed by atoms with E-state index in [0.29, 0.717) is 19.3 Å². The number of aliphatic hydroxyl groups excluding tert-OH is 2. The van der Waals surface area contributed by atoms with Crippen LogP contribution >= 0.6 is 0 Å². The number of rotatable bonds is 45. The van der Waals surface area contributed by atoms with Crippen LogP contribution in [0.5, 0.6) is 0 Å². The molecule has 0 saturated heterocycles. The third kappa shape index (κ3) is 40.8. The summed E-state index contributed by atoms with van der Waals surface area (Å²) in [5.74, 6) is -0.488. The van der Waals surface area contributed by atoms with Crippen molar-refractivity contribution in [2.24, 2.45) is 0 Å². The van der Waals surface area contributed by atoms with Crippen LogP contribution in [0.3, 0.4) is 0 Å². The smallest absolute Gasteiger partial charge is 0.306 e. The molecule has 0 aliphatic rings. The van der Waals surface area contributed by atoms with Crippen LogP contribution in [0.1, 0.15) is 258 Å². The van der Waals surface area contributed by atoms with Crippen LogP contribution < -0.4 is 5.32 Å². The van der Waals surface area contributed by atoms with Crippen molar-refractivity contribution in [2.75, 3.05) is 6.61 Å². The average Bonchev–Trinajstić information content (AvgIpc) is 3.22. The second kappa shape index (κ2) is 46.2. The molecule has 0 aromatic carbocycles. The molecule has 0 heterocycles. The second-order valence-corrected chi connectivity index (χ2v) is 17.3. The third-order valence-corrected chi connectivity index (χ3v) is 11.5. The summed E-state index contributed by atoms with van der Waals surface area (Å²) in [6, 6.07) is -0.701. The van der Waals surface area contributed by atoms with Gasteiger partial charge >= 0.3 is 5.97 Å². The number of hydrogen-bond acceptors (Lipinski definition) is 5. The van der Waals surface area contributed by atoms with E-state index in [9.17, 15) is 19.8 Å². The van der Waals surface area contributed by atoms with Gasteiger partial charge in [0.05, 0.1) is 25.2 Å². The first-order valence-corrected chi connectivity index (χ1v) is 25.2. The van der Waals surface area contributed by atoms with Crippen molar-refractivity contribution in [1.82, 2.24) is 5.32 Å². The number of ether oxygens (including phenoxy) is 1. The molecule has 58 heavy (non-hydrogen) atoms. The summed E-state index contributed by atoms with van der Waals surface area (Å²) >= 11 is 0. The van der Waals surface area contributed by atoms with Gasteiger partial charge in [-0.2, -0.15) is 0 Å². The summed E-state index contributed by atoms with van der Waals surface area (Å²) in [7, 11) is 0. The molecule has 0 aliphatic heterocycles. The zero-order valence-corrected chi connectivity index (χ0v) is 38.7. The lowest BCUT2D eigenvalue weighted by Crippen LogP contribution is -2.46. The Balaban J connectivity index is 4.56. The lowest BCUT2D eigenvalue weighted by Gasteiger charge is -2.24. The van der Waals surface area contributed by atoms with Gasteiger partial charge in [0.2, 0.25) is 5.91 Å². The molecule has 0 fully saturated rings. The Kier molecular flexibility index (Phi) is 44.6. The molecule has 0 rings (SSSR count). The van der Waals surface area contributed by atoms with E-state index in [4.69, 9.17) is 4.74 Å². The van der Waals surface area contributed by atoms with Crippen LogP contribution in [-0.2, 0) is 14.3 Å². The highest BCUT2D eigenvalue weighted by molar-refractivity contribution is 5.77. The van der Waals surface area contributed by atoms with Gasteiger partial charge < -0.3 is 20.3 Å². The fraction of sp³-hybridized carbons (Fsp3) is 0.846. The largest absolute Gasteiger partial charge is 0.462 e. The predicted octanol–water partition coefficient (Wildman–Crippen LogP) is 14.9. The van der Waals surface area contributed by atoms with Crippen molar-refractivity contribution in [2.45, 2.75) is 277 Å². The molecule has 3 atom stereocenters. The van der Waals surface area contributed by atoms with Gasteiger partial charge in [-0.1, -0.05) is 237 Å². The van der Waals surface area contributed by atoms with Crippen molar-refractivity contribution in [3.05, 3.63) is 36.5 Å². The number of amides is 1. The molecule has 6 nitrogen and oxygen atoms in total. The first kappa shape index (κ1) is 56.1. The lowest BCUT2D eigenvalue weighted by atomic mass is 10.0. The molecule has 6 heteroatoms. The van der Waals surface area contributed by atoms with Crippen LogP contribution in [0.25, 0.3) is 0 Å². The maximum atomic E-state index is 13.2. The number of carbonyl (C=O) groups is 2. The first-order valence-electron chi connectivity index (χ1n) is 25.2. The maximum absolute atomic E-state index is 13.2. The van der Waals surface area contributed by atoms with E-state index in [0.717, 1.165) is 77.0 Å². The molecule has 0 aromatic heterocycles. The van der Waals surface area contributed by atoms with Gasteiger partial charge in [0.1, 0.15) is 6.10 Å². The minimum absolute atomic E-state index is 0.0729. The van der Waals surface area contributed by atoms with E-state index in [1.807, 2.05) is 0 Å². The van der Waals surface area contributed by atoms with Crippen molar-refractivity contribution < 1.29 is 24.5 Å². The number of nitrogens with one attached hydrogen (secondary N) is 1. The minimum atomic E-state index is -0.787. The Morgan fingerprint density at radius 2 is 0.931 bits per heavy atom. The maximum Gasteiger partial charge on any atom is 0.306 e. The van der Waals surface area contributed by atoms with E-state index in [1.54, 1.807) is 0 Å². The summed E-state index contributed by atoms with van der Waals surface area (Å²) in [4.78, 5) is 26.1. The molecule has 3 unspecified atom stereocenters. The van der Waals surface area contributed by atoms with Gasteiger partial charge in [-0.3, -0.25) is 9.59 Å². The van der Waals surface area contributed by atoms with Crippen molar-refractivity contribution in [3.63, 3.8) is 0 Å². The van der Waals surface area contributed by atoms with Gasteiger partial charge in [0.25, 0.3) is 0 Å². The molecule has 0 saturated carbocycles. The zero-order chi connectivity index (χ0) is 42.4. The van der Waals surface area contributed by atoms with E-state index in [2.05, 4.69) is 62.5 Å². The Morgan fingerprint density at radius 1 is 0.517 bits per heavy atom. The van der Waals surface area contributed by atoms with Crippen LogP contribution in [0.4, 0.5) is 0 Å². The molecular weight excluding hydrogens is 719 g/mol. The van der Waals surface area contributed by atoms with Gasteiger partial charge in [-0.05, 0) is 44.9 Å². The molecular formula is C52H97NO5. The summed E-state index contributed by atoms with van der Waals surface area (Å²) < 4.78 is 5.92. The molecule has 1 amide bonds. The second-order valence-electron chi connectivity index (χ2n) is 17.3. The first-order chi connectivity index (χ1) is 28.5. The normalized spacial score (nSPS) is 13.5. The Hall–Kier alpha value is -1.92. The topological polar surface area (TPSA) is 95.9 Å². The van der Waals surface area contributed by atoms with Crippen LogP contribution in [0.15, 0.2) is 36.5 Å². The van der Waals surface area contributed by atoms with Gasteiger partial charge in [-0.25, -0.2) is 0 Å². The standard InChI is InChI=1S/C52H97NO5/c1-4-7-10-13-16-19-21-23-24-25-26-28-29-32-34-37-40-43-48(58-52(57)45-42-39-36-33-30-27-22-20-17-14-11-8-5-2)46-51(56)53-49(47-54)50(55)44-41-38-35-31-18-15-12-9-6-3/h8,11,14,17,20,22,48-50,54-55H,4-7,9-10,12-13,15-16,18-19,21,23-47H2,1-3H3,(H,53,56)/b11-8+,17-14+,22-20-. The van der Waals surface area contributed by atoms with Gasteiger partial charge in [0, 0.05) is 6.42 Å². The summed E-state index contributed by atoms with van der Waals surface area (Å²) in [5, 5.41) is 23.7. The number of unbranched alkanes of at least 4 members (excludes halogenated alkanes) is 29. The molecule has 3 N–H and O–H groups in total. The number of esters is 1. The van der Waals surface area contributed by atoms with Gasteiger partial charge in [-0.15, -0.1) is 0 Å². The summed E-state index contributed by atoms with van der Waals surface area (Å²) in [6.07, 6.45) is 53.5.